The monoisotopic (exact) mass is 236 g/mol. The van der Waals surface area contributed by atoms with Crippen LogP contribution >= 0.6 is 11.8 Å². The van der Waals surface area contributed by atoms with Crippen LogP contribution in [0.1, 0.15) is 38.2 Å². The van der Waals surface area contributed by atoms with Crippen molar-refractivity contribution >= 4 is 17.4 Å². The maximum absolute atomic E-state index is 5.99. The average molecular weight is 236 g/mol. The third kappa shape index (κ3) is 2.91. The first-order valence-electron chi connectivity index (χ1n) is 6.04. The van der Waals surface area contributed by atoms with Crippen molar-refractivity contribution in [2.75, 3.05) is 5.73 Å². The van der Waals surface area contributed by atoms with Gasteiger partial charge >= 0.3 is 0 Å². The van der Waals surface area contributed by atoms with Gasteiger partial charge in [-0.15, -0.1) is 11.8 Å². The van der Waals surface area contributed by atoms with Crippen molar-refractivity contribution in [1.29, 1.82) is 0 Å². The Labute approximate surface area is 102 Å². The molecule has 1 fully saturated rings. The zero-order chi connectivity index (χ0) is 11.5. The lowest BCUT2D eigenvalue weighted by Crippen LogP contribution is -2.15. The van der Waals surface area contributed by atoms with Gasteiger partial charge in [-0.3, -0.25) is 0 Å². The van der Waals surface area contributed by atoms with E-state index in [-0.39, 0.29) is 0 Å². The number of thioether (sulfide) groups is 1. The van der Waals surface area contributed by atoms with Gasteiger partial charge in [-0.25, -0.2) is 4.98 Å². The van der Waals surface area contributed by atoms with Crippen LogP contribution in [0.2, 0.25) is 0 Å². The highest BCUT2D eigenvalue weighted by Crippen LogP contribution is 2.37. The van der Waals surface area contributed by atoms with Crippen LogP contribution in [0, 0.1) is 12.8 Å². The van der Waals surface area contributed by atoms with E-state index >= 15 is 0 Å². The molecule has 2 atom stereocenters. The average Bonchev–Trinajstić information content (AvgIpc) is 2.22. The van der Waals surface area contributed by atoms with Crippen LogP contribution in [0.3, 0.4) is 0 Å². The Morgan fingerprint density at radius 2 is 2.25 bits per heavy atom. The summed E-state index contributed by atoms with van der Waals surface area (Å²) in [6.07, 6.45) is 7.26. The molecule has 0 aliphatic heterocycles. The van der Waals surface area contributed by atoms with Crippen LogP contribution in [0.4, 0.5) is 5.69 Å². The minimum atomic E-state index is 0.709. The van der Waals surface area contributed by atoms with Gasteiger partial charge in [-0.1, -0.05) is 19.8 Å². The van der Waals surface area contributed by atoms with Crippen molar-refractivity contribution in [3.8, 4) is 0 Å². The Balaban J connectivity index is 2.02. The number of aromatic nitrogens is 1. The van der Waals surface area contributed by atoms with Crippen LogP contribution in [-0.4, -0.2) is 10.2 Å². The largest absolute Gasteiger partial charge is 0.397 e. The first kappa shape index (κ1) is 11.8. The van der Waals surface area contributed by atoms with E-state index in [1.807, 2.05) is 30.9 Å². The number of hydrogen-bond donors (Lipinski definition) is 1. The molecule has 16 heavy (non-hydrogen) atoms. The van der Waals surface area contributed by atoms with Gasteiger partial charge in [0, 0.05) is 11.4 Å². The predicted octanol–water partition coefficient (Wildman–Crippen LogP) is 3.64. The summed E-state index contributed by atoms with van der Waals surface area (Å²) in [5.74, 6) is 0.859. The van der Waals surface area contributed by atoms with Crippen LogP contribution in [-0.2, 0) is 0 Å². The second-order valence-electron chi connectivity index (χ2n) is 4.92. The molecule has 2 unspecified atom stereocenters. The summed E-state index contributed by atoms with van der Waals surface area (Å²) in [7, 11) is 0. The summed E-state index contributed by atoms with van der Waals surface area (Å²) < 4.78 is 0. The number of aryl methyl sites for hydroxylation is 1. The lowest BCUT2D eigenvalue weighted by molar-refractivity contribution is 0.394. The van der Waals surface area contributed by atoms with Gasteiger partial charge in [-0.2, -0.15) is 0 Å². The quantitative estimate of drug-likeness (QED) is 0.852. The number of nitrogens with zero attached hydrogens (tertiary/aromatic N) is 1. The number of anilines is 1. The Kier molecular flexibility index (Phi) is 3.74. The van der Waals surface area contributed by atoms with E-state index in [1.54, 1.807) is 0 Å². The molecule has 1 aromatic rings. The third-order valence-electron chi connectivity index (χ3n) is 3.18. The number of pyridine rings is 1. The van der Waals surface area contributed by atoms with E-state index < -0.39 is 0 Å². The molecule has 3 heteroatoms. The molecule has 0 saturated heterocycles. The zero-order valence-corrected chi connectivity index (χ0v) is 10.9. The molecular weight excluding hydrogens is 216 g/mol. The molecule has 2 N–H and O–H groups in total. The van der Waals surface area contributed by atoms with Crippen molar-refractivity contribution in [2.24, 2.45) is 5.92 Å². The summed E-state index contributed by atoms with van der Waals surface area (Å²) in [6.45, 7) is 4.37. The molecule has 88 valence electrons. The molecule has 1 aliphatic rings. The maximum Gasteiger partial charge on any atom is 0.119 e. The fourth-order valence-electron chi connectivity index (χ4n) is 2.32. The van der Waals surface area contributed by atoms with Gasteiger partial charge in [0.1, 0.15) is 5.03 Å². The Morgan fingerprint density at radius 3 is 2.94 bits per heavy atom. The maximum atomic E-state index is 5.99. The SMILES string of the molecule is Cc1cnc(SC2CCCC(C)C2)c(N)c1. The fourth-order valence-corrected chi connectivity index (χ4v) is 3.65. The van der Waals surface area contributed by atoms with Crippen molar-refractivity contribution in [2.45, 2.75) is 49.8 Å². The van der Waals surface area contributed by atoms with Crippen LogP contribution in [0.15, 0.2) is 17.3 Å². The van der Waals surface area contributed by atoms with E-state index in [1.165, 1.54) is 25.7 Å². The summed E-state index contributed by atoms with van der Waals surface area (Å²) >= 11 is 1.87. The van der Waals surface area contributed by atoms with Gasteiger partial charge in [0.15, 0.2) is 0 Å². The van der Waals surface area contributed by atoms with E-state index in [0.29, 0.717) is 5.25 Å². The minimum absolute atomic E-state index is 0.709. The van der Waals surface area contributed by atoms with E-state index in [2.05, 4.69) is 11.9 Å². The minimum Gasteiger partial charge on any atom is -0.397 e. The van der Waals surface area contributed by atoms with Crippen molar-refractivity contribution < 1.29 is 0 Å². The second kappa shape index (κ2) is 5.09. The van der Waals surface area contributed by atoms with Gasteiger partial charge in [0.2, 0.25) is 0 Å². The highest BCUT2D eigenvalue weighted by molar-refractivity contribution is 8.00. The Morgan fingerprint density at radius 1 is 1.44 bits per heavy atom. The molecule has 2 nitrogen and oxygen atoms in total. The van der Waals surface area contributed by atoms with E-state index in [9.17, 15) is 0 Å². The molecule has 0 spiro atoms. The lowest BCUT2D eigenvalue weighted by Gasteiger charge is -2.26. The summed E-state index contributed by atoms with van der Waals surface area (Å²) in [5, 5.41) is 1.73. The van der Waals surface area contributed by atoms with Crippen molar-refractivity contribution in [3.05, 3.63) is 17.8 Å². The molecule has 0 amide bonds. The van der Waals surface area contributed by atoms with Crippen LogP contribution in [0.25, 0.3) is 0 Å². The van der Waals surface area contributed by atoms with Crippen LogP contribution < -0.4 is 5.73 Å². The molecule has 2 rings (SSSR count). The molecule has 0 bridgehead atoms. The molecule has 0 radical (unpaired) electrons. The molecule has 1 aromatic heterocycles. The Bertz CT molecular complexity index is 365. The standard InChI is InChI=1S/C13H20N2S/c1-9-4-3-5-11(6-9)16-13-12(14)7-10(2)8-15-13/h7-9,11H,3-6,14H2,1-2H3. The Hall–Kier alpha value is -0.700. The highest BCUT2D eigenvalue weighted by Gasteiger charge is 2.20. The highest BCUT2D eigenvalue weighted by atomic mass is 32.2. The molecule has 1 aliphatic carbocycles. The van der Waals surface area contributed by atoms with Crippen molar-refractivity contribution in [1.82, 2.24) is 4.98 Å². The fraction of sp³-hybridized carbons (Fsp3) is 0.615. The molecule has 1 saturated carbocycles. The smallest absolute Gasteiger partial charge is 0.119 e. The first-order chi connectivity index (χ1) is 7.65. The van der Waals surface area contributed by atoms with Crippen LogP contribution in [0.5, 0.6) is 0 Å². The molecule has 1 heterocycles. The third-order valence-corrected chi connectivity index (χ3v) is 4.51. The number of rotatable bonds is 2. The van der Waals surface area contributed by atoms with Gasteiger partial charge in [0.25, 0.3) is 0 Å². The normalized spacial score (nSPS) is 25.6. The summed E-state index contributed by atoms with van der Waals surface area (Å²) in [6, 6.07) is 2.02. The zero-order valence-electron chi connectivity index (χ0n) is 10.1. The summed E-state index contributed by atoms with van der Waals surface area (Å²) in [5.41, 5.74) is 7.96. The molecular formula is C13H20N2S. The predicted molar refractivity (Wildman–Crippen MR) is 70.7 cm³/mol. The van der Waals surface area contributed by atoms with Gasteiger partial charge in [0.05, 0.1) is 5.69 Å². The topological polar surface area (TPSA) is 38.9 Å². The van der Waals surface area contributed by atoms with Crippen molar-refractivity contribution in [3.63, 3.8) is 0 Å². The number of hydrogen-bond acceptors (Lipinski definition) is 3. The van der Waals surface area contributed by atoms with Gasteiger partial charge < -0.3 is 5.73 Å². The number of nitrogens with two attached hydrogens (primary N) is 1. The lowest BCUT2D eigenvalue weighted by atomic mass is 9.91. The van der Waals surface area contributed by atoms with E-state index in [0.717, 1.165) is 22.2 Å². The first-order valence-corrected chi connectivity index (χ1v) is 6.92. The number of nitrogen functional groups attached to an aromatic ring is 1. The molecule has 0 aromatic carbocycles. The second-order valence-corrected chi connectivity index (χ2v) is 6.21. The van der Waals surface area contributed by atoms with Gasteiger partial charge in [-0.05, 0) is 37.3 Å². The van der Waals surface area contributed by atoms with E-state index in [4.69, 9.17) is 5.73 Å². The summed E-state index contributed by atoms with van der Waals surface area (Å²) in [4.78, 5) is 4.43.